The molecular formula is C10H19NO3. The van der Waals surface area contributed by atoms with Crippen molar-refractivity contribution < 1.29 is 15.0 Å². The Hall–Kier alpha value is -0.610. The summed E-state index contributed by atoms with van der Waals surface area (Å²) >= 11 is 0. The molecule has 0 aliphatic carbocycles. The van der Waals surface area contributed by atoms with Crippen LogP contribution in [0.15, 0.2) is 0 Å². The van der Waals surface area contributed by atoms with Gasteiger partial charge < -0.3 is 10.2 Å². The van der Waals surface area contributed by atoms with Gasteiger partial charge in [-0.25, -0.2) is 0 Å². The summed E-state index contributed by atoms with van der Waals surface area (Å²) in [6.45, 7) is 4.61. The van der Waals surface area contributed by atoms with Crippen LogP contribution in [0.3, 0.4) is 0 Å². The van der Waals surface area contributed by atoms with Gasteiger partial charge >= 0.3 is 5.97 Å². The van der Waals surface area contributed by atoms with E-state index in [1.807, 2.05) is 11.8 Å². The van der Waals surface area contributed by atoms with Gasteiger partial charge in [-0.05, 0) is 13.3 Å². The summed E-state index contributed by atoms with van der Waals surface area (Å²) in [5.74, 6) is -0.815. The summed E-state index contributed by atoms with van der Waals surface area (Å²) in [5.41, 5.74) is 0. The molecule has 0 saturated carbocycles. The first-order chi connectivity index (χ1) is 6.56. The van der Waals surface area contributed by atoms with Crippen LogP contribution in [0.25, 0.3) is 0 Å². The molecule has 1 rings (SSSR count). The van der Waals surface area contributed by atoms with Gasteiger partial charge in [-0.3, -0.25) is 9.69 Å². The second kappa shape index (κ2) is 4.75. The fraction of sp³-hybridized carbons (Fsp3) is 0.900. The highest BCUT2D eigenvalue weighted by atomic mass is 16.4. The van der Waals surface area contributed by atoms with Crippen molar-refractivity contribution in [1.29, 1.82) is 0 Å². The van der Waals surface area contributed by atoms with E-state index in [0.29, 0.717) is 13.0 Å². The molecule has 3 atom stereocenters. The fourth-order valence-electron chi connectivity index (χ4n) is 2.15. The minimum Gasteiger partial charge on any atom is -0.480 e. The summed E-state index contributed by atoms with van der Waals surface area (Å²) in [7, 11) is 0. The number of aliphatic hydroxyl groups is 1. The predicted molar refractivity (Wildman–Crippen MR) is 53.1 cm³/mol. The molecular weight excluding hydrogens is 182 g/mol. The van der Waals surface area contributed by atoms with E-state index in [0.717, 1.165) is 12.8 Å². The molecule has 1 saturated heterocycles. The third-order valence-electron chi connectivity index (χ3n) is 2.87. The van der Waals surface area contributed by atoms with Crippen LogP contribution in [-0.2, 0) is 4.79 Å². The molecule has 1 aliphatic rings. The lowest BCUT2D eigenvalue weighted by Gasteiger charge is -2.27. The summed E-state index contributed by atoms with van der Waals surface area (Å²) < 4.78 is 0. The summed E-state index contributed by atoms with van der Waals surface area (Å²) in [6.07, 6.45) is 1.91. The lowest BCUT2D eigenvalue weighted by atomic mass is 10.1. The van der Waals surface area contributed by atoms with E-state index >= 15 is 0 Å². The second-order valence-electron chi connectivity index (χ2n) is 4.08. The van der Waals surface area contributed by atoms with Crippen molar-refractivity contribution in [3.05, 3.63) is 0 Å². The van der Waals surface area contributed by atoms with Gasteiger partial charge in [-0.15, -0.1) is 0 Å². The smallest absolute Gasteiger partial charge is 0.321 e. The van der Waals surface area contributed by atoms with Gasteiger partial charge in [0.25, 0.3) is 0 Å². The third kappa shape index (κ3) is 2.45. The molecule has 1 aliphatic heterocycles. The molecule has 0 amide bonds. The minimum atomic E-state index is -0.815. The number of hydrogen-bond donors (Lipinski definition) is 2. The van der Waals surface area contributed by atoms with Crippen molar-refractivity contribution >= 4 is 5.97 Å². The zero-order valence-corrected chi connectivity index (χ0v) is 8.81. The average Bonchev–Trinajstić information content (AvgIpc) is 2.48. The first kappa shape index (κ1) is 11.5. The Bertz CT molecular complexity index is 208. The predicted octanol–water partition coefficient (Wildman–Crippen LogP) is 0.695. The van der Waals surface area contributed by atoms with Gasteiger partial charge in [0.15, 0.2) is 0 Å². The molecule has 0 bridgehead atoms. The number of carboxylic acids is 1. The number of likely N-dealkylation sites (tertiary alicyclic amines) is 1. The van der Waals surface area contributed by atoms with Gasteiger partial charge in [0.05, 0.1) is 6.10 Å². The molecule has 2 N–H and O–H groups in total. The van der Waals surface area contributed by atoms with Crippen molar-refractivity contribution in [3.63, 3.8) is 0 Å². The third-order valence-corrected chi connectivity index (χ3v) is 2.87. The van der Waals surface area contributed by atoms with Crippen molar-refractivity contribution in [3.8, 4) is 0 Å². The first-order valence-corrected chi connectivity index (χ1v) is 5.22. The lowest BCUT2D eigenvalue weighted by molar-refractivity contribution is -0.142. The van der Waals surface area contributed by atoms with Crippen LogP contribution in [0.5, 0.6) is 0 Å². The Balaban J connectivity index is 2.61. The molecule has 14 heavy (non-hydrogen) atoms. The van der Waals surface area contributed by atoms with Gasteiger partial charge in [0.2, 0.25) is 0 Å². The maximum absolute atomic E-state index is 10.9. The van der Waals surface area contributed by atoms with Crippen molar-refractivity contribution in [1.82, 2.24) is 4.90 Å². The highest BCUT2D eigenvalue weighted by Gasteiger charge is 2.37. The summed E-state index contributed by atoms with van der Waals surface area (Å²) in [6, 6.07) is -0.246. The average molecular weight is 201 g/mol. The van der Waals surface area contributed by atoms with E-state index in [1.54, 1.807) is 0 Å². The maximum Gasteiger partial charge on any atom is 0.321 e. The summed E-state index contributed by atoms with van der Waals surface area (Å²) in [5, 5.41) is 18.4. The Kier molecular flexibility index (Phi) is 3.89. The Morgan fingerprint density at radius 1 is 1.64 bits per heavy atom. The molecule has 4 heteroatoms. The first-order valence-electron chi connectivity index (χ1n) is 5.22. The van der Waals surface area contributed by atoms with Crippen LogP contribution in [0, 0.1) is 0 Å². The molecule has 82 valence electrons. The molecule has 1 fully saturated rings. The summed E-state index contributed by atoms with van der Waals surface area (Å²) in [4.78, 5) is 12.8. The number of β-amino-alcohol motifs (C(OH)–C–C–N with tert-alkyl or cyclic N) is 1. The second-order valence-corrected chi connectivity index (χ2v) is 4.08. The zero-order valence-electron chi connectivity index (χ0n) is 8.81. The monoisotopic (exact) mass is 201 g/mol. The van der Waals surface area contributed by atoms with Gasteiger partial charge in [0.1, 0.15) is 6.04 Å². The number of carbonyl (C=O) groups is 1. The van der Waals surface area contributed by atoms with Crippen molar-refractivity contribution in [2.24, 2.45) is 0 Å². The lowest BCUT2D eigenvalue weighted by Crippen LogP contribution is -2.41. The fourth-order valence-corrected chi connectivity index (χ4v) is 2.15. The van der Waals surface area contributed by atoms with E-state index in [4.69, 9.17) is 5.11 Å². The molecule has 3 unspecified atom stereocenters. The van der Waals surface area contributed by atoms with E-state index in [-0.39, 0.29) is 6.04 Å². The Morgan fingerprint density at radius 3 is 2.79 bits per heavy atom. The topological polar surface area (TPSA) is 60.8 Å². The highest BCUT2D eigenvalue weighted by molar-refractivity contribution is 5.74. The van der Waals surface area contributed by atoms with Crippen molar-refractivity contribution in [2.45, 2.75) is 51.3 Å². The molecule has 0 spiro atoms. The van der Waals surface area contributed by atoms with Crippen LogP contribution < -0.4 is 0 Å². The maximum atomic E-state index is 10.9. The SMILES string of the molecule is CCCC(C)N1CC(O)CC1C(=O)O. The Labute approximate surface area is 84.5 Å². The highest BCUT2D eigenvalue weighted by Crippen LogP contribution is 2.22. The Morgan fingerprint density at radius 2 is 2.29 bits per heavy atom. The number of carboxylic acid groups (broad SMARTS) is 1. The zero-order chi connectivity index (χ0) is 10.7. The van der Waals surface area contributed by atoms with Crippen LogP contribution in [0.4, 0.5) is 0 Å². The number of rotatable bonds is 4. The molecule has 0 aromatic heterocycles. The molecule has 1 heterocycles. The molecule has 0 aromatic carbocycles. The molecule has 4 nitrogen and oxygen atoms in total. The van der Waals surface area contributed by atoms with E-state index in [9.17, 15) is 9.90 Å². The number of nitrogens with zero attached hydrogens (tertiary/aromatic N) is 1. The van der Waals surface area contributed by atoms with Crippen LogP contribution >= 0.6 is 0 Å². The normalized spacial score (nSPS) is 30.5. The van der Waals surface area contributed by atoms with Crippen LogP contribution in [0.2, 0.25) is 0 Å². The van der Waals surface area contributed by atoms with E-state index in [2.05, 4.69) is 6.92 Å². The van der Waals surface area contributed by atoms with Gasteiger partial charge in [-0.2, -0.15) is 0 Å². The number of aliphatic carboxylic acids is 1. The standard InChI is InChI=1S/C10H19NO3/c1-3-4-7(2)11-6-8(12)5-9(11)10(13)14/h7-9,12H,3-6H2,1-2H3,(H,13,14). The quantitative estimate of drug-likeness (QED) is 0.702. The molecule has 0 radical (unpaired) electrons. The van der Waals surface area contributed by atoms with E-state index in [1.165, 1.54) is 0 Å². The van der Waals surface area contributed by atoms with Crippen LogP contribution in [0.1, 0.15) is 33.1 Å². The van der Waals surface area contributed by atoms with Crippen molar-refractivity contribution in [2.75, 3.05) is 6.54 Å². The minimum absolute atomic E-state index is 0.248. The number of aliphatic hydroxyl groups excluding tert-OH is 1. The molecule has 0 aromatic rings. The van der Waals surface area contributed by atoms with Crippen LogP contribution in [-0.4, -0.2) is 45.8 Å². The largest absolute Gasteiger partial charge is 0.480 e. The van der Waals surface area contributed by atoms with E-state index < -0.39 is 18.1 Å². The van der Waals surface area contributed by atoms with Gasteiger partial charge in [0, 0.05) is 19.0 Å². The van der Waals surface area contributed by atoms with Gasteiger partial charge in [-0.1, -0.05) is 13.3 Å². The number of hydrogen-bond acceptors (Lipinski definition) is 3.